The minimum absolute atomic E-state index is 0.0306. The number of rotatable bonds is 4. The molecule has 0 amide bonds. The third-order valence-corrected chi connectivity index (χ3v) is 4.38. The van der Waals surface area contributed by atoms with Crippen LogP contribution >= 0.6 is 31.9 Å². The monoisotopic (exact) mass is 421 g/mol. The summed E-state index contributed by atoms with van der Waals surface area (Å²) >= 11 is 6.32. The molecule has 2 aromatic carbocycles. The molecule has 0 spiro atoms. The topological polar surface area (TPSA) is 12.0 Å². The van der Waals surface area contributed by atoms with Crippen LogP contribution in [-0.2, 0) is 6.42 Å². The standard InChI is InChI=1S/C15H12Br2F3N/c1-21-14(4-8-2-3-10(18)7-11(8)17)15-12(19)5-9(16)6-13(15)20/h2-3,5-7,14,21H,4H2,1H3. The molecule has 2 aromatic rings. The fourth-order valence-corrected chi connectivity index (χ4v) is 3.06. The van der Waals surface area contributed by atoms with Crippen molar-refractivity contribution in [2.45, 2.75) is 12.5 Å². The molecule has 0 saturated carbocycles. The van der Waals surface area contributed by atoms with E-state index in [0.29, 0.717) is 15.4 Å². The molecule has 0 bridgehead atoms. The van der Waals surface area contributed by atoms with E-state index >= 15 is 0 Å². The maximum atomic E-state index is 14.0. The van der Waals surface area contributed by atoms with Gasteiger partial charge in [0.2, 0.25) is 0 Å². The zero-order chi connectivity index (χ0) is 15.6. The summed E-state index contributed by atoms with van der Waals surface area (Å²) in [4.78, 5) is 0. The van der Waals surface area contributed by atoms with Crippen molar-refractivity contribution in [2.75, 3.05) is 7.05 Å². The molecular weight excluding hydrogens is 411 g/mol. The largest absolute Gasteiger partial charge is 0.313 e. The molecule has 0 aromatic heterocycles. The van der Waals surface area contributed by atoms with E-state index < -0.39 is 17.7 Å². The van der Waals surface area contributed by atoms with Crippen molar-refractivity contribution in [1.29, 1.82) is 0 Å². The van der Waals surface area contributed by atoms with E-state index in [0.717, 1.165) is 5.56 Å². The second-order valence-electron chi connectivity index (χ2n) is 4.56. The van der Waals surface area contributed by atoms with Gasteiger partial charge in [0.05, 0.1) is 0 Å². The highest BCUT2D eigenvalue weighted by molar-refractivity contribution is 9.10. The normalized spacial score (nSPS) is 12.5. The van der Waals surface area contributed by atoms with Gasteiger partial charge >= 0.3 is 0 Å². The fraction of sp³-hybridized carbons (Fsp3) is 0.200. The molecule has 1 N–H and O–H groups in total. The highest BCUT2D eigenvalue weighted by atomic mass is 79.9. The maximum Gasteiger partial charge on any atom is 0.132 e. The van der Waals surface area contributed by atoms with Crippen molar-refractivity contribution in [1.82, 2.24) is 5.32 Å². The SMILES string of the molecule is CNC(Cc1ccc(F)cc1Br)c1c(F)cc(Br)cc1F. The Balaban J connectivity index is 2.37. The van der Waals surface area contributed by atoms with E-state index in [1.165, 1.54) is 24.3 Å². The van der Waals surface area contributed by atoms with E-state index in [-0.39, 0.29) is 11.4 Å². The first kappa shape index (κ1) is 16.5. The summed E-state index contributed by atoms with van der Waals surface area (Å²) in [6.45, 7) is 0. The van der Waals surface area contributed by atoms with Gasteiger partial charge in [-0.3, -0.25) is 0 Å². The van der Waals surface area contributed by atoms with Crippen LogP contribution in [0.3, 0.4) is 0 Å². The molecule has 0 radical (unpaired) electrons. The van der Waals surface area contributed by atoms with Gasteiger partial charge in [0, 0.05) is 20.6 Å². The molecule has 0 aliphatic rings. The minimum Gasteiger partial charge on any atom is -0.313 e. The third-order valence-electron chi connectivity index (χ3n) is 3.18. The average molecular weight is 423 g/mol. The minimum atomic E-state index is -0.626. The molecule has 0 heterocycles. The number of hydrogen-bond acceptors (Lipinski definition) is 1. The van der Waals surface area contributed by atoms with Gasteiger partial charge < -0.3 is 5.32 Å². The molecule has 0 fully saturated rings. The van der Waals surface area contributed by atoms with E-state index in [9.17, 15) is 13.2 Å². The molecule has 112 valence electrons. The van der Waals surface area contributed by atoms with Crippen LogP contribution < -0.4 is 5.32 Å². The van der Waals surface area contributed by atoms with Gasteiger partial charge in [-0.1, -0.05) is 37.9 Å². The summed E-state index contributed by atoms with van der Waals surface area (Å²) in [5.41, 5.74) is 0.731. The number of halogens is 5. The van der Waals surface area contributed by atoms with Crippen molar-refractivity contribution in [3.63, 3.8) is 0 Å². The van der Waals surface area contributed by atoms with Gasteiger partial charge in [0.25, 0.3) is 0 Å². The molecule has 0 aliphatic heterocycles. The Kier molecular flexibility index (Phi) is 5.46. The van der Waals surface area contributed by atoms with Crippen molar-refractivity contribution in [3.05, 3.63) is 67.9 Å². The quantitative estimate of drug-likeness (QED) is 0.719. The smallest absolute Gasteiger partial charge is 0.132 e. The molecule has 1 unspecified atom stereocenters. The van der Waals surface area contributed by atoms with Gasteiger partial charge in [-0.25, -0.2) is 13.2 Å². The molecule has 6 heteroatoms. The molecule has 0 aliphatic carbocycles. The van der Waals surface area contributed by atoms with Crippen molar-refractivity contribution in [2.24, 2.45) is 0 Å². The fourth-order valence-electron chi connectivity index (χ4n) is 2.14. The highest BCUT2D eigenvalue weighted by Gasteiger charge is 2.21. The lowest BCUT2D eigenvalue weighted by Crippen LogP contribution is -2.21. The Morgan fingerprint density at radius 2 is 1.67 bits per heavy atom. The summed E-state index contributed by atoms with van der Waals surface area (Å²) < 4.78 is 42.1. The average Bonchev–Trinajstić information content (AvgIpc) is 2.39. The molecular formula is C15H12Br2F3N. The Morgan fingerprint density at radius 1 is 1.05 bits per heavy atom. The first-order chi connectivity index (χ1) is 9.92. The Morgan fingerprint density at radius 3 is 2.19 bits per heavy atom. The molecule has 1 atom stereocenters. The van der Waals surface area contributed by atoms with E-state index in [4.69, 9.17) is 0 Å². The Hall–Kier alpha value is -0.850. The zero-order valence-corrected chi connectivity index (χ0v) is 14.2. The van der Waals surface area contributed by atoms with Gasteiger partial charge in [-0.05, 0) is 43.3 Å². The lowest BCUT2D eigenvalue weighted by atomic mass is 9.98. The summed E-state index contributed by atoms with van der Waals surface area (Å²) in [5.74, 6) is -1.62. The molecule has 2 rings (SSSR count). The predicted molar refractivity (Wildman–Crippen MR) is 83.7 cm³/mol. The lowest BCUT2D eigenvalue weighted by Gasteiger charge is -2.19. The van der Waals surface area contributed by atoms with E-state index in [1.807, 2.05) is 0 Å². The Bertz CT molecular complexity index is 638. The second-order valence-corrected chi connectivity index (χ2v) is 6.33. The number of hydrogen-bond donors (Lipinski definition) is 1. The van der Waals surface area contributed by atoms with Crippen LogP contribution in [0.25, 0.3) is 0 Å². The summed E-state index contributed by atoms with van der Waals surface area (Å²) in [6.07, 6.45) is 0.326. The lowest BCUT2D eigenvalue weighted by molar-refractivity contribution is 0.488. The number of nitrogens with one attached hydrogen (secondary N) is 1. The van der Waals surface area contributed by atoms with Gasteiger partial charge in [0.15, 0.2) is 0 Å². The van der Waals surface area contributed by atoms with Crippen molar-refractivity contribution >= 4 is 31.9 Å². The second kappa shape index (κ2) is 6.94. The van der Waals surface area contributed by atoms with Crippen molar-refractivity contribution < 1.29 is 13.2 Å². The van der Waals surface area contributed by atoms with Crippen LogP contribution in [0.5, 0.6) is 0 Å². The molecule has 0 saturated heterocycles. The molecule has 21 heavy (non-hydrogen) atoms. The highest BCUT2D eigenvalue weighted by Crippen LogP contribution is 2.29. The Labute approximate surface area is 137 Å². The zero-order valence-electron chi connectivity index (χ0n) is 11.1. The summed E-state index contributed by atoms with van der Waals surface area (Å²) in [5, 5.41) is 2.90. The molecule has 1 nitrogen and oxygen atoms in total. The van der Waals surface area contributed by atoms with Gasteiger partial charge in [0.1, 0.15) is 17.5 Å². The van der Waals surface area contributed by atoms with Crippen molar-refractivity contribution in [3.8, 4) is 0 Å². The van der Waals surface area contributed by atoms with Gasteiger partial charge in [-0.2, -0.15) is 0 Å². The van der Waals surface area contributed by atoms with E-state index in [2.05, 4.69) is 37.2 Å². The summed E-state index contributed by atoms with van der Waals surface area (Å²) in [6, 6.07) is 6.14. The number of benzene rings is 2. The first-order valence-electron chi connectivity index (χ1n) is 6.18. The summed E-state index contributed by atoms with van der Waals surface area (Å²) in [7, 11) is 1.63. The van der Waals surface area contributed by atoms with Gasteiger partial charge in [-0.15, -0.1) is 0 Å². The van der Waals surface area contributed by atoms with Crippen LogP contribution in [0.2, 0.25) is 0 Å². The van der Waals surface area contributed by atoms with Crippen LogP contribution in [0.4, 0.5) is 13.2 Å². The maximum absolute atomic E-state index is 14.0. The van der Waals surface area contributed by atoms with Crippen LogP contribution in [-0.4, -0.2) is 7.05 Å². The predicted octanol–water partition coefficient (Wildman–Crippen LogP) is 5.13. The number of likely N-dealkylation sites (N-methyl/N-ethyl adjacent to an activating group) is 1. The third kappa shape index (κ3) is 3.87. The van der Waals surface area contributed by atoms with Crippen LogP contribution in [0.1, 0.15) is 17.2 Å². The van der Waals surface area contributed by atoms with E-state index in [1.54, 1.807) is 13.1 Å². The van der Waals surface area contributed by atoms with Crippen LogP contribution in [0, 0.1) is 17.5 Å². The first-order valence-corrected chi connectivity index (χ1v) is 7.76. The van der Waals surface area contributed by atoms with Crippen LogP contribution in [0.15, 0.2) is 39.3 Å².